The number of hydrogen-bond acceptors (Lipinski definition) is 3. The van der Waals surface area contributed by atoms with Crippen LogP contribution in [-0.2, 0) is 0 Å². The average Bonchev–Trinajstić information content (AvgIpc) is 3.21. The van der Waals surface area contributed by atoms with Gasteiger partial charge < -0.3 is 15.8 Å². The molecule has 7 heteroatoms. The first-order chi connectivity index (χ1) is 9.51. The molecule has 0 heterocycles. The van der Waals surface area contributed by atoms with Crippen LogP contribution in [0.5, 0.6) is 0 Å². The summed E-state index contributed by atoms with van der Waals surface area (Å²) in [5.74, 6) is -0.0322. The van der Waals surface area contributed by atoms with Crippen LogP contribution in [-0.4, -0.2) is 34.4 Å². The Balaban J connectivity index is 2.14. The van der Waals surface area contributed by atoms with E-state index in [2.05, 4.69) is 5.16 Å². The standard InChI is InChI=1S/C13H15Cl2N3O2/c14-9-5-8(6-10(15)7-9)13(19)18(11-1-2-11)4-3-12(16)17-20/h5-7,11,20H,1-4H2,(H2,16,17). The van der Waals surface area contributed by atoms with Gasteiger partial charge in [-0.25, -0.2) is 0 Å². The number of carbonyl (C=O) groups is 1. The molecular formula is C13H15Cl2N3O2. The summed E-state index contributed by atoms with van der Waals surface area (Å²) in [6.45, 7) is 0.406. The minimum Gasteiger partial charge on any atom is -0.409 e. The van der Waals surface area contributed by atoms with E-state index >= 15 is 0 Å². The fourth-order valence-electron chi connectivity index (χ4n) is 1.96. The Kier molecular flexibility index (Phi) is 4.73. The van der Waals surface area contributed by atoms with Gasteiger partial charge in [-0.3, -0.25) is 4.79 Å². The number of oxime groups is 1. The second-order valence-electron chi connectivity index (χ2n) is 4.73. The first-order valence-corrected chi connectivity index (χ1v) is 7.00. The van der Waals surface area contributed by atoms with Crippen molar-refractivity contribution in [3.05, 3.63) is 33.8 Å². The number of rotatable bonds is 5. The summed E-state index contributed by atoms with van der Waals surface area (Å²) < 4.78 is 0. The summed E-state index contributed by atoms with van der Waals surface area (Å²) in [4.78, 5) is 14.2. The van der Waals surface area contributed by atoms with Gasteiger partial charge in [-0.1, -0.05) is 28.4 Å². The molecule has 5 nitrogen and oxygen atoms in total. The van der Waals surface area contributed by atoms with Crippen molar-refractivity contribution in [3.63, 3.8) is 0 Å². The Morgan fingerprint density at radius 3 is 2.45 bits per heavy atom. The fourth-order valence-corrected chi connectivity index (χ4v) is 2.49. The number of carbonyl (C=O) groups excluding carboxylic acids is 1. The van der Waals surface area contributed by atoms with Crippen LogP contribution < -0.4 is 5.73 Å². The highest BCUT2D eigenvalue weighted by Crippen LogP contribution is 2.29. The lowest BCUT2D eigenvalue weighted by atomic mass is 10.2. The van der Waals surface area contributed by atoms with Crippen LogP contribution >= 0.6 is 23.2 Å². The lowest BCUT2D eigenvalue weighted by molar-refractivity contribution is 0.0747. The maximum atomic E-state index is 12.5. The highest BCUT2D eigenvalue weighted by atomic mass is 35.5. The van der Waals surface area contributed by atoms with Gasteiger partial charge >= 0.3 is 0 Å². The zero-order valence-electron chi connectivity index (χ0n) is 10.7. The van der Waals surface area contributed by atoms with E-state index in [-0.39, 0.29) is 17.8 Å². The molecule has 0 atom stereocenters. The molecule has 0 saturated heterocycles. The monoisotopic (exact) mass is 315 g/mol. The van der Waals surface area contributed by atoms with Crippen molar-refractivity contribution in [1.29, 1.82) is 0 Å². The Morgan fingerprint density at radius 2 is 1.95 bits per heavy atom. The van der Waals surface area contributed by atoms with Crippen molar-refractivity contribution in [2.45, 2.75) is 25.3 Å². The van der Waals surface area contributed by atoms with Gasteiger partial charge in [-0.15, -0.1) is 0 Å². The Hall–Kier alpha value is -1.46. The van der Waals surface area contributed by atoms with Crippen molar-refractivity contribution >= 4 is 34.9 Å². The summed E-state index contributed by atoms with van der Waals surface area (Å²) in [6, 6.07) is 4.98. The van der Waals surface area contributed by atoms with E-state index in [1.54, 1.807) is 23.1 Å². The predicted molar refractivity (Wildman–Crippen MR) is 78.5 cm³/mol. The van der Waals surface area contributed by atoms with Gasteiger partial charge in [0.25, 0.3) is 5.91 Å². The quantitative estimate of drug-likeness (QED) is 0.379. The molecule has 0 aromatic heterocycles. The number of amides is 1. The molecule has 0 bridgehead atoms. The highest BCUT2D eigenvalue weighted by molar-refractivity contribution is 6.35. The lowest BCUT2D eigenvalue weighted by Gasteiger charge is -2.22. The molecule has 2 rings (SSSR count). The molecule has 20 heavy (non-hydrogen) atoms. The number of nitrogens with two attached hydrogens (primary N) is 1. The molecule has 1 saturated carbocycles. The number of benzene rings is 1. The van der Waals surface area contributed by atoms with Gasteiger partial charge in [0.1, 0.15) is 5.84 Å². The summed E-state index contributed by atoms with van der Waals surface area (Å²) >= 11 is 11.8. The molecule has 1 fully saturated rings. The second-order valence-corrected chi connectivity index (χ2v) is 5.60. The Labute approximate surface area is 126 Å². The van der Waals surface area contributed by atoms with Crippen LogP contribution in [0.1, 0.15) is 29.6 Å². The van der Waals surface area contributed by atoms with Crippen LogP contribution in [0.3, 0.4) is 0 Å². The molecule has 0 aliphatic heterocycles. The molecule has 3 N–H and O–H groups in total. The molecule has 0 unspecified atom stereocenters. The van der Waals surface area contributed by atoms with Crippen molar-refractivity contribution < 1.29 is 10.0 Å². The normalized spacial score (nSPS) is 15.2. The van der Waals surface area contributed by atoms with E-state index < -0.39 is 0 Å². The second kappa shape index (κ2) is 6.33. The fraction of sp³-hybridized carbons (Fsp3) is 0.385. The molecule has 1 aliphatic rings. The van der Waals surface area contributed by atoms with E-state index in [9.17, 15) is 4.79 Å². The van der Waals surface area contributed by atoms with Crippen molar-refractivity contribution in [1.82, 2.24) is 4.90 Å². The van der Waals surface area contributed by atoms with E-state index in [1.165, 1.54) is 0 Å². The third-order valence-corrected chi connectivity index (χ3v) is 3.53. The summed E-state index contributed by atoms with van der Waals surface area (Å²) in [6.07, 6.45) is 2.26. The minimum absolute atomic E-state index is 0.104. The molecule has 108 valence electrons. The third kappa shape index (κ3) is 3.77. The molecular weight excluding hydrogens is 301 g/mol. The van der Waals surface area contributed by atoms with Crippen LogP contribution in [0.2, 0.25) is 10.0 Å². The topological polar surface area (TPSA) is 78.9 Å². The van der Waals surface area contributed by atoms with Gasteiger partial charge in [-0.05, 0) is 31.0 Å². The van der Waals surface area contributed by atoms with Crippen molar-refractivity contribution in [3.8, 4) is 0 Å². The lowest BCUT2D eigenvalue weighted by Crippen LogP contribution is -2.35. The summed E-state index contributed by atoms with van der Waals surface area (Å²) in [5.41, 5.74) is 5.90. The van der Waals surface area contributed by atoms with Gasteiger partial charge in [0, 0.05) is 34.6 Å². The number of amidine groups is 1. The molecule has 1 aromatic carbocycles. The first-order valence-electron chi connectivity index (χ1n) is 6.24. The SMILES string of the molecule is NC(CCN(C(=O)c1cc(Cl)cc(Cl)c1)C1CC1)=NO. The largest absolute Gasteiger partial charge is 0.409 e. The number of hydrogen-bond donors (Lipinski definition) is 2. The van der Waals surface area contributed by atoms with Crippen molar-refractivity contribution in [2.75, 3.05) is 6.54 Å². The molecule has 1 aliphatic carbocycles. The van der Waals surface area contributed by atoms with E-state index in [1.807, 2.05) is 0 Å². The number of nitrogens with zero attached hydrogens (tertiary/aromatic N) is 2. The van der Waals surface area contributed by atoms with Gasteiger partial charge in [0.2, 0.25) is 0 Å². The van der Waals surface area contributed by atoms with Gasteiger partial charge in [0.15, 0.2) is 0 Å². The van der Waals surface area contributed by atoms with E-state index in [0.29, 0.717) is 28.6 Å². The zero-order chi connectivity index (χ0) is 14.7. The molecule has 1 aromatic rings. The van der Waals surface area contributed by atoms with Crippen LogP contribution in [0.15, 0.2) is 23.4 Å². The molecule has 0 spiro atoms. The van der Waals surface area contributed by atoms with Crippen LogP contribution in [0.25, 0.3) is 0 Å². The molecule has 0 radical (unpaired) electrons. The van der Waals surface area contributed by atoms with Crippen LogP contribution in [0, 0.1) is 0 Å². The summed E-state index contributed by atoms with van der Waals surface area (Å²) in [5, 5.41) is 12.3. The number of halogens is 2. The van der Waals surface area contributed by atoms with Gasteiger partial charge in [0.05, 0.1) is 0 Å². The third-order valence-electron chi connectivity index (χ3n) is 3.10. The summed E-state index contributed by atoms with van der Waals surface area (Å²) in [7, 11) is 0. The average molecular weight is 316 g/mol. The smallest absolute Gasteiger partial charge is 0.254 e. The van der Waals surface area contributed by atoms with Crippen molar-refractivity contribution in [2.24, 2.45) is 10.9 Å². The van der Waals surface area contributed by atoms with E-state index in [0.717, 1.165) is 12.8 Å². The Morgan fingerprint density at radius 1 is 1.35 bits per heavy atom. The highest BCUT2D eigenvalue weighted by Gasteiger charge is 2.33. The first kappa shape index (κ1) is 14.9. The van der Waals surface area contributed by atoms with Crippen LogP contribution in [0.4, 0.5) is 0 Å². The predicted octanol–water partition coefficient (Wildman–Crippen LogP) is 2.73. The van der Waals surface area contributed by atoms with Gasteiger partial charge in [-0.2, -0.15) is 0 Å². The maximum absolute atomic E-state index is 12.5. The Bertz CT molecular complexity index is 524. The zero-order valence-corrected chi connectivity index (χ0v) is 12.2. The van der Waals surface area contributed by atoms with E-state index in [4.69, 9.17) is 34.1 Å². The maximum Gasteiger partial charge on any atom is 0.254 e. The molecule has 1 amide bonds. The minimum atomic E-state index is -0.136.